The van der Waals surface area contributed by atoms with Crippen LogP contribution < -0.4 is 5.56 Å². The lowest BCUT2D eigenvalue weighted by atomic mass is 9.89. The number of aromatic nitrogens is 2. The Kier molecular flexibility index (Phi) is 5.45. The summed E-state index contributed by atoms with van der Waals surface area (Å²) < 4.78 is 25.6. The minimum atomic E-state index is -3.09. The molecule has 2 aromatic rings. The van der Waals surface area contributed by atoms with E-state index in [2.05, 4.69) is 11.9 Å². The van der Waals surface area contributed by atoms with Crippen molar-refractivity contribution in [3.8, 4) is 0 Å². The number of amides is 1. The maximum Gasteiger partial charge on any atom is 0.262 e. The molecule has 1 amide bonds. The third kappa shape index (κ3) is 3.95. The van der Waals surface area contributed by atoms with E-state index in [1.54, 1.807) is 16.2 Å². The van der Waals surface area contributed by atoms with Crippen LogP contribution >= 0.6 is 11.3 Å². The van der Waals surface area contributed by atoms with Gasteiger partial charge in [0.05, 0.1) is 23.2 Å². The molecule has 0 spiro atoms. The van der Waals surface area contributed by atoms with Gasteiger partial charge in [-0.25, -0.2) is 13.4 Å². The van der Waals surface area contributed by atoms with Gasteiger partial charge in [0.1, 0.15) is 11.4 Å². The van der Waals surface area contributed by atoms with Gasteiger partial charge in [-0.3, -0.25) is 14.2 Å². The van der Waals surface area contributed by atoms with E-state index in [-0.39, 0.29) is 41.6 Å². The first kappa shape index (κ1) is 21.1. The number of carbonyl (C=O) groups is 1. The van der Waals surface area contributed by atoms with E-state index in [4.69, 9.17) is 0 Å². The number of fused-ring (bicyclic) bond motifs is 3. The summed E-state index contributed by atoms with van der Waals surface area (Å²) in [5.41, 5.74) is 0.975. The maximum atomic E-state index is 13.4. The number of nitrogens with zero attached hydrogens (tertiary/aromatic N) is 3. The molecule has 168 valence electrons. The number of hydrogen-bond acceptors (Lipinski definition) is 6. The first-order valence-electron chi connectivity index (χ1n) is 11.3. The summed E-state index contributed by atoms with van der Waals surface area (Å²) in [4.78, 5) is 35.1. The van der Waals surface area contributed by atoms with Crippen LogP contribution in [0.1, 0.15) is 55.9 Å². The van der Waals surface area contributed by atoms with Gasteiger partial charge in [0.25, 0.3) is 5.56 Å². The second kappa shape index (κ2) is 7.99. The second-order valence-corrected chi connectivity index (χ2v) is 12.8. The fraction of sp³-hybridized carbons (Fsp3) is 0.682. The molecule has 2 aliphatic carbocycles. The Morgan fingerprint density at radius 1 is 1.23 bits per heavy atom. The molecule has 0 bridgehead atoms. The van der Waals surface area contributed by atoms with E-state index in [9.17, 15) is 18.0 Å². The molecule has 31 heavy (non-hydrogen) atoms. The minimum absolute atomic E-state index is 0.0393. The SMILES string of the molecule is CC1CCc2c(sc3ncn(CC(=O)N(C4CCCC4)C4CCS(=O)(=O)C4)c(=O)c23)C1. The topological polar surface area (TPSA) is 89.3 Å². The third-order valence-corrected chi connectivity index (χ3v) is 10.1. The van der Waals surface area contributed by atoms with Crippen molar-refractivity contribution in [1.82, 2.24) is 14.5 Å². The first-order chi connectivity index (χ1) is 14.8. The van der Waals surface area contributed by atoms with E-state index in [0.717, 1.165) is 55.3 Å². The summed E-state index contributed by atoms with van der Waals surface area (Å²) in [6.07, 6.45) is 8.85. The smallest absolute Gasteiger partial charge is 0.262 e. The van der Waals surface area contributed by atoms with Crippen LogP contribution in [-0.2, 0) is 34.0 Å². The highest BCUT2D eigenvalue weighted by atomic mass is 32.2. The summed E-state index contributed by atoms with van der Waals surface area (Å²) in [6, 6.07) is -0.197. The van der Waals surface area contributed by atoms with Crippen molar-refractivity contribution in [2.24, 2.45) is 5.92 Å². The zero-order chi connectivity index (χ0) is 21.8. The summed E-state index contributed by atoms with van der Waals surface area (Å²) in [7, 11) is -3.09. The van der Waals surface area contributed by atoms with Crippen molar-refractivity contribution in [3.05, 3.63) is 27.1 Å². The van der Waals surface area contributed by atoms with E-state index in [0.29, 0.717) is 17.7 Å². The van der Waals surface area contributed by atoms with Crippen molar-refractivity contribution in [3.63, 3.8) is 0 Å². The van der Waals surface area contributed by atoms with Crippen molar-refractivity contribution in [1.29, 1.82) is 0 Å². The van der Waals surface area contributed by atoms with Crippen molar-refractivity contribution >= 4 is 37.3 Å². The molecule has 1 aliphatic heterocycles. The molecule has 0 aromatic carbocycles. The van der Waals surface area contributed by atoms with Gasteiger partial charge in [0.2, 0.25) is 5.91 Å². The van der Waals surface area contributed by atoms with Crippen LogP contribution in [0.25, 0.3) is 10.2 Å². The Balaban J connectivity index is 1.45. The van der Waals surface area contributed by atoms with Gasteiger partial charge in [0, 0.05) is 17.0 Å². The lowest BCUT2D eigenvalue weighted by Gasteiger charge is -2.34. The van der Waals surface area contributed by atoms with Crippen LogP contribution in [-0.4, -0.2) is 52.4 Å². The van der Waals surface area contributed by atoms with E-state index < -0.39 is 9.84 Å². The largest absolute Gasteiger partial charge is 0.334 e. The van der Waals surface area contributed by atoms with Gasteiger partial charge in [-0.05, 0) is 50.0 Å². The van der Waals surface area contributed by atoms with Gasteiger partial charge in [-0.15, -0.1) is 11.3 Å². The average Bonchev–Trinajstić information content (AvgIpc) is 3.43. The molecule has 1 saturated heterocycles. The zero-order valence-electron chi connectivity index (χ0n) is 17.9. The molecule has 2 atom stereocenters. The summed E-state index contributed by atoms with van der Waals surface area (Å²) >= 11 is 1.61. The molecule has 3 heterocycles. The number of sulfone groups is 1. The van der Waals surface area contributed by atoms with E-state index in [1.165, 1.54) is 15.8 Å². The standard InChI is InChI=1S/C22H29N3O4S2/c1-14-6-7-17-18(10-14)30-21-20(17)22(27)24(13-23-21)11-19(26)25(15-4-2-3-5-15)16-8-9-31(28,29)12-16/h13-16H,2-12H2,1H3. The highest BCUT2D eigenvalue weighted by molar-refractivity contribution is 7.91. The van der Waals surface area contributed by atoms with Crippen LogP contribution in [0.15, 0.2) is 11.1 Å². The zero-order valence-corrected chi connectivity index (χ0v) is 19.5. The minimum Gasteiger partial charge on any atom is -0.334 e. The van der Waals surface area contributed by atoms with Crippen molar-refractivity contribution in [2.45, 2.75) is 76.9 Å². The number of hydrogen-bond donors (Lipinski definition) is 0. The summed E-state index contributed by atoms with van der Waals surface area (Å²) in [5, 5.41) is 0.679. The Bertz CT molecular complexity index is 1180. The average molecular weight is 464 g/mol. The molecule has 0 radical (unpaired) electrons. The predicted molar refractivity (Wildman–Crippen MR) is 121 cm³/mol. The molecule has 7 nitrogen and oxygen atoms in total. The Morgan fingerprint density at radius 2 is 2.00 bits per heavy atom. The molecule has 1 saturated carbocycles. The number of thiophene rings is 1. The molecule has 2 aromatic heterocycles. The predicted octanol–water partition coefficient (Wildman–Crippen LogP) is 2.54. The normalized spacial score (nSPS) is 25.7. The lowest BCUT2D eigenvalue weighted by molar-refractivity contribution is -0.136. The van der Waals surface area contributed by atoms with Crippen LogP contribution in [0.2, 0.25) is 0 Å². The third-order valence-electron chi connectivity index (χ3n) is 7.20. The highest BCUT2D eigenvalue weighted by Crippen LogP contribution is 2.35. The van der Waals surface area contributed by atoms with Crippen LogP contribution in [0.4, 0.5) is 0 Å². The Hall–Kier alpha value is -1.74. The van der Waals surface area contributed by atoms with Crippen LogP contribution in [0.3, 0.4) is 0 Å². The van der Waals surface area contributed by atoms with Crippen LogP contribution in [0, 0.1) is 5.92 Å². The molecule has 3 aliphatic rings. The van der Waals surface area contributed by atoms with Gasteiger partial charge >= 0.3 is 0 Å². The summed E-state index contributed by atoms with van der Waals surface area (Å²) in [5.74, 6) is 0.639. The van der Waals surface area contributed by atoms with Gasteiger partial charge in [-0.2, -0.15) is 0 Å². The monoisotopic (exact) mass is 463 g/mol. The number of rotatable bonds is 4. The van der Waals surface area contributed by atoms with E-state index >= 15 is 0 Å². The van der Waals surface area contributed by atoms with Gasteiger partial charge < -0.3 is 4.90 Å². The molecule has 5 rings (SSSR count). The summed E-state index contributed by atoms with van der Waals surface area (Å²) in [6.45, 7) is 2.16. The fourth-order valence-electron chi connectivity index (χ4n) is 5.59. The quantitative estimate of drug-likeness (QED) is 0.695. The van der Waals surface area contributed by atoms with Gasteiger partial charge in [-0.1, -0.05) is 19.8 Å². The molecular weight excluding hydrogens is 434 g/mol. The molecular formula is C22H29N3O4S2. The van der Waals surface area contributed by atoms with E-state index in [1.807, 2.05) is 0 Å². The van der Waals surface area contributed by atoms with Crippen molar-refractivity contribution in [2.75, 3.05) is 11.5 Å². The van der Waals surface area contributed by atoms with Crippen LogP contribution in [0.5, 0.6) is 0 Å². The van der Waals surface area contributed by atoms with Gasteiger partial charge in [0.15, 0.2) is 9.84 Å². The molecule has 9 heteroatoms. The highest BCUT2D eigenvalue weighted by Gasteiger charge is 2.39. The lowest BCUT2D eigenvalue weighted by Crippen LogP contribution is -2.49. The first-order valence-corrected chi connectivity index (χ1v) is 14.0. The molecule has 2 fully saturated rings. The molecule has 2 unspecified atom stereocenters. The Morgan fingerprint density at radius 3 is 2.71 bits per heavy atom. The number of aryl methyl sites for hydroxylation is 1. The maximum absolute atomic E-state index is 13.4. The van der Waals surface area contributed by atoms with Crippen molar-refractivity contribution < 1.29 is 13.2 Å². The molecule has 0 N–H and O–H groups in total. The fourth-order valence-corrected chi connectivity index (χ4v) is 8.64. The number of carbonyl (C=O) groups excluding carboxylic acids is 1. The second-order valence-electron chi connectivity index (χ2n) is 9.51. The Labute approximate surface area is 186 Å².